The summed E-state index contributed by atoms with van der Waals surface area (Å²) in [6.07, 6.45) is 6.35. The molecule has 0 unspecified atom stereocenters. The summed E-state index contributed by atoms with van der Waals surface area (Å²) in [4.78, 5) is 34.8. The van der Waals surface area contributed by atoms with Crippen LogP contribution in [-0.2, 0) is 9.53 Å². The molecule has 1 aliphatic heterocycles. The highest BCUT2D eigenvalue weighted by Crippen LogP contribution is 2.21. The lowest BCUT2D eigenvalue weighted by molar-refractivity contribution is -0.126. The van der Waals surface area contributed by atoms with E-state index in [1.165, 1.54) is 6.33 Å². The molecule has 1 fully saturated rings. The first-order valence-electron chi connectivity index (χ1n) is 9.69. The fourth-order valence-electron chi connectivity index (χ4n) is 3.32. The van der Waals surface area contributed by atoms with E-state index in [1.807, 2.05) is 36.1 Å². The molecule has 2 aromatic rings. The zero-order chi connectivity index (χ0) is 19.8. The maximum absolute atomic E-state index is 12.8. The van der Waals surface area contributed by atoms with Gasteiger partial charge in [0.05, 0.1) is 6.61 Å². The van der Waals surface area contributed by atoms with Gasteiger partial charge in [-0.05, 0) is 37.5 Å². The van der Waals surface area contributed by atoms with E-state index in [1.54, 1.807) is 12.4 Å². The Morgan fingerprint density at radius 1 is 1.11 bits per heavy atom. The van der Waals surface area contributed by atoms with E-state index in [9.17, 15) is 9.59 Å². The number of nitrogens with one attached hydrogen (secondary N) is 1. The average Bonchev–Trinajstić information content (AvgIpc) is 2.77. The fraction of sp³-hybridized carbons (Fsp3) is 0.429. The average molecular weight is 382 g/mol. The smallest absolute Gasteiger partial charge is 0.253 e. The summed E-state index contributed by atoms with van der Waals surface area (Å²) in [5.74, 6) is 0.0263. The topological polar surface area (TPSA) is 84.4 Å². The number of amides is 2. The van der Waals surface area contributed by atoms with Gasteiger partial charge in [-0.25, -0.2) is 9.97 Å². The van der Waals surface area contributed by atoms with E-state index in [2.05, 4.69) is 15.3 Å². The van der Waals surface area contributed by atoms with Crippen LogP contribution in [0.3, 0.4) is 0 Å². The second kappa shape index (κ2) is 9.94. The van der Waals surface area contributed by atoms with Crippen molar-refractivity contribution in [2.24, 2.45) is 5.92 Å². The first-order valence-corrected chi connectivity index (χ1v) is 9.69. The zero-order valence-corrected chi connectivity index (χ0v) is 16.1. The lowest BCUT2D eigenvalue weighted by Gasteiger charge is -2.31. The van der Waals surface area contributed by atoms with E-state index in [-0.39, 0.29) is 17.7 Å². The molecule has 0 bridgehead atoms. The molecule has 0 spiro atoms. The monoisotopic (exact) mass is 382 g/mol. The van der Waals surface area contributed by atoms with Crippen LogP contribution in [0.15, 0.2) is 43.0 Å². The lowest BCUT2D eigenvalue weighted by Crippen LogP contribution is -2.43. The summed E-state index contributed by atoms with van der Waals surface area (Å²) < 4.78 is 5.23. The fourth-order valence-corrected chi connectivity index (χ4v) is 3.32. The molecular formula is C21H26N4O3. The van der Waals surface area contributed by atoms with Crippen LogP contribution in [0.2, 0.25) is 0 Å². The van der Waals surface area contributed by atoms with Crippen LogP contribution in [0.25, 0.3) is 11.1 Å². The van der Waals surface area contributed by atoms with Gasteiger partial charge in [-0.3, -0.25) is 9.59 Å². The molecule has 2 heterocycles. The Morgan fingerprint density at radius 2 is 1.79 bits per heavy atom. The van der Waals surface area contributed by atoms with Crippen LogP contribution in [0.4, 0.5) is 0 Å². The van der Waals surface area contributed by atoms with Crippen LogP contribution >= 0.6 is 0 Å². The van der Waals surface area contributed by atoms with Crippen molar-refractivity contribution in [3.8, 4) is 11.1 Å². The summed E-state index contributed by atoms with van der Waals surface area (Å²) >= 11 is 0. The SMILES string of the molecule is CCOCCNC(=O)C1CCN(C(=O)c2ccc(-c3cncnc3)cc2)CC1. The largest absolute Gasteiger partial charge is 0.380 e. The normalized spacial score (nSPS) is 14.7. The molecule has 28 heavy (non-hydrogen) atoms. The molecule has 3 rings (SSSR count). The minimum Gasteiger partial charge on any atom is -0.380 e. The Bertz CT molecular complexity index is 772. The first-order chi connectivity index (χ1) is 13.7. The van der Waals surface area contributed by atoms with Gasteiger partial charge in [0.25, 0.3) is 5.91 Å². The van der Waals surface area contributed by atoms with Gasteiger partial charge in [0.2, 0.25) is 5.91 Å². The van der Waals surface area contributed by atoms with E-state index >= 15 is 0 Å². The van der Waals surface area contributed by atoms with Crippen LogP contribution in [0.5, 0.6) is 0 Å². The van der Waals surface area contributed by atoms with Gasteiger partial charge < -0.3 is 15.0 Å². The quantitative estimate of drug-likeness (QED) is 0.742. The summed E-state index contributed by atoms with van der Waals surface area (Å²) in [7, 11) is 0. The zero-order valence-electron chi connectivity index (χ0n) is 16.1. The maximum atomic E-state index is 12.8. The minimum absolute atomic E-state index is 0.00562. The Kier molecular flexibility index (Phi) is 7.08. The van der Waals surface area contributed by atoms with E-state index in [4.69, 9.17) is 4.74 Å². The highest BCUT2D eigenvalue weighted by molar-refractivity contribution is 5.95. The molecule has 1 N–H and O–H groups in total. The van der Waals surface area contributed by atoms with Crippen molar-refractivity contribution in [2.75, 3.05) is 32.8 Å². The van der Waals surface area contributed by atoms with Crippen molar-refractivity contribution < 1.29 is 14.3 Å². The summed E-state index contributed by atoms with van der Waals surface area (Å²) in [6.45, 7) is 4.83. The van der Waals surface area contributed by atoms with Gasteiger partial charge >= 0.3 is 0 Å². The molecule has 0 radical (unpaired) electrons. The number of ether oxygens (including phenoxy) is 1. The first kappa shape index (κ1) is 19.9. The van der Waals surface area contributed by atoms with Gasteiger partial charge in [0.15, 0.2) is 0 Å². The molecule has 1 aliphatic rings. The van der Waals surface area contributed by atoms with Crippen molar-refractivity contribution >= 4 is 11.8 Å². The van der Waals surface area contributed by atoms with Crippen molar-refractivity contribution in [1.29, 1.82) is 0 Å². The Hall–Kier alpha value is -2.80. The van der Waals surface area contributed by atoms with Crippen molar-refractivity contribution in [1.82, 2.24) is 20.2 Å². The molecular weight excluding hydrogens is 356 g/mol. The van der Waals surface area contributed by atoms with Crippen molar-refractivity contribution in [2.45, 2.75) is 19.8 Å². The number of rotatable bonds is 7. The molecule has 1 aromatic carbocycles. The minimum atomic E-state index is -0.0360. The molecule has 0 saturated carbocycles. The third-order valence-corrected chi connectivity index (χ3v) is 4.93. The van der Waals surface area contributed by atoms with Gasteiger partial charge in [-0.1, -0.05) is 12.1 Å². The van der Waals surface area contributed by atoms with Crippen molar-refractivity contribution in [3.63, 3.8) is 0 Å². The summed E-state index contributed by atoms with van der Waals surface area (Å²) in [5.41, 5.74) is 2.54. The van der Waals surface area contributed by atoms with Gasteiger partial charge in [0, 0.05) is 55.7 Å². The molecule has 2 amide bonds. The number of carbonyl (C=O) groups excluding carboxylic acids is 2. The van der Waals surface area contributed by atoms with Gasteiger partial charge in [0.1, 0.15) is 6.33 Å². The Morgan fingerprint density at radius 3 is 2.43 bits per heavy atom. The number of hydrogen-bond acceptors (Lipinski definition) is 5. The van der Waals surface area contributed by atoms with Crippen LogP contribution in [0, 0.1) is 5.92 Å². The summed E-state index contributed by atoms with van der Waals surface area (Å²) in [6, 6.07) is 7.48. The molecule has 1 aromatic heterocycles. The standard InChI is InChI=1S/C21H26N4O3/c1-2-28-12-9-24-20(26)17-7-10-25(11-8-17)21(27)18-5-3-16(4-6-18)19-13-22-15-23-14-19/h3-6,13-15,17H,2,7-12H2,1H3,(H,24,26). The maximum Gasteiger partial charge on any atom is 0.253 e. The number of hydrogen-bond donors (Lipinski definition) is 1. The second-order valence-corrected chi connectivity index (χ2v) is 6.76. The van der Waals surface area contributed by atoms with Gasteiger partial charge in [-0.15, -0.1) is 0 Å². The molecule has 1 saturated heterocycles. The molecule has 0 atom stereocenters. The predicted molar refractivity (Wildman–Crippen MR) is 106 cm³/mol. The van der Waals surface area contributed by atoms with Crippen molar-refractivity contribution in [3.05, 3.63) is 48.5 Å². The highest BCUT2D eigenvalue weighted by atomic mass is 16.5. The second-order valence-electron chi connectivity index (χ2n) is 6.76. The van der Waals surface area contributed by atoms with Crippen LogP contribution < -0.4 is 5.32 Å². The van der Waals surface area contributed by atoms with Crippen LogP contribution in [-0.4, -0.2) is 59.5 Å². The number of carbonyl (C=O) groups is 2. The number of aromatic nitrogens is 2. The Balaban J connectivity index is 1.50. The lowest BCUT2D eigenvalue weighted by atomic mass is 9.95. The van der Waals surface area contributed by atoms with E-state index in [0.29, 0.717) is 51.3 Å². The number of likely N-dealkylation sites (tertiary alicyclic amines) is 1. The third kappa shape index (κ3) is 5.13. The Labute approximate surface area is 165 Å². The number of piperidine rings is 1. The highest BCUT2D eigenvalue weighted by Gasteiger charge is 2.27. The third-order valence-electron chi connectivity index (χ3n) is 4.93. The molecule has 148 valence electrons. The molecule has 7 heteroatoms. The summed E-state index contributed by atoms with van der Waals surface area (Å²) in [5, 5.41) is 2.91. The molecule has 7 nitrogen and oxygen atoms in total. The van der Waals surface area contributed by atoms with Gasteiger partial charge in [-0.2, -0.15) is 0 Å². The van der Waals surface area contributed by atoms with E-state index in [0.717, 1.165) is 11.1 Å². The number of benzene rings is 1. The predicted octanol–water partition coefficient (Wildman–Crippen LogP) is 2.15. The molecule has 0 aliphatic carbocycles. The van der Waals surface area contributed by atoms with E-state index < -0.39 is 0 Å². The van der Waals surface area contributed by atoms with Crippen LogP contribution in [0.1, 0.15) is 30.1 Å². The number of nitrogens with zero attached hydrogens (tertiary/aromatic N) is 3.